The number of ether oxygens (including phenoxy) is 1. The number of rotatable bonds is 3. The van der Waals surface area contributed by atoms with Crippen molar-refractivity contribution in [2.75, 3.05) is 18.2 Å². The van der Waals surface area contributed by atoms with E-state index in [0.29, 0.717) is 22.7 Å². The largest absolute Gasteiger partial charge is 0.495 e. The van der Waals surface area contributed by atoms with E-state index in [4.69, 9.17) is 10.5 Å². The van der Waals surface area contributed by atoms with Gasteiger partial charge in [0.1, 0.15) is 5.75 Å². The minimum Gasteiger partial charge on any atom is -0.495 e. The lowest BCUT2D eigenvalue weighted by molar-refractivity contribution is 0.102. The van der Waals surface area contributed by atoms with Gasteiger partial charge < -0.3 is 15.8 Å². The number of aryl methyl sites for hydroxylation is 2. The first-order chi connectivity index (χ1) is 9.51. The Kier molecular flexibility index (Phi) is 3.94. The van der Waals surface area contributed by atoms with Crippen molar-refractivity contribution in [3.63, 3.8) is 0 Å². The molecule has 0 radical (unpaired) electrons. The standard InChI is InChI=1S/C16H18N2O2/c1-10-4-6-13(17)12(8-10)16(19)18-14-9-11(2)5-7-15(14)20-3/h4-9H,17H2,1-3H3,(H,18,19). The molecule has 20 heavy (non-hydrogen) atoms. The van der Waals surface area contributed by atoms with Crippen LogP contribution in [-0.4, -0.2) is 13.0 Å². The quantitative estimate of drug-likeness (QED) is 0.842. The van der Waals surface area contributed by atoms with Crippen molar-refractivity contribution in [3.8, 4) is 5.75 Å². The van der Waals surface area contributed by atoms with Crippen LogP contribution in [0.15, 0.2) is 36.4 Å². The summed E-state index contributed by atoms with van der Waals surface area (Å²) in [6, 6.07) is 11.0. The molecule has 0 heterocycles. The highest BCUT2D eigenvalue weighted by atomic mass is 16.5. The van der Waals surface area contributed by atoms with E-state index in [0.717, 1.165) is 11.1 Å². The van der Waals surface area contributed by atoms with E-state index < -0.39 is 0 Å². The fourth-order valence-electron chi connectivity index (χ4n) is 1.98. The number of hydrogen-bond acceptors (Lipinski definition) is 3. The van der Waals surface area contributed by atoms with Gasteiger partial charge in [0, 0.05) is 5.69 Å². The zero-order chi connectivity index (χ0) is 14.7. The van der Waals surface area contributed by atoms with E-state index in [1.54, 1.807) is 19.2 Å². The van der Waals surface area contributed by atoms with Crippen LogP contribution >= 0.6 is 0 Å². The molecule has 0 atom stereocenters. The zero-order valence-corrected chi connectivity index (χ0v) is 11.9. The van der Waals surface area contributed by atoms with Gasteiger partial charge in [0.2, 0.25) is 0 Å². The Hall–Kier alpha value is -2.49. The van der Waals surface area contributed by atoms with Crippen molar-refractivity contribution in [1.82, 2.24) is 0 Å². The molecule has 0 bridgehead atoms. The maximum Gasteiger partial charge on any atom is 0.257 e. The lowest BCUT2D eigenvalue weighted by Gasteiger charge is -2.12. The summed E-state index contributed by atoms with van der Waals surface area (Å²) < 4.78 is 5.25. The van der Waals surface area contributed by atoms with Gasteiger partial charge in [-0.2, -0.15) is 0 Å². The fourth-order valence-corrected chi connectivity index (χ4v) is 1.98. The van der Waals surface area contributed by atoms with Gasteiger partial charge in [-0.05, 0) is 43.7 Å². The Morgan fingerprint density at radius 1 is 1.10 bits per heavy atom. The molecule has 0 aromatic heterocycles. The highest BCUT2D eigenvalue weighted by Gasteiger charge is 2.12. The molecule has 0 aliphatic rings. The SMILES string of the molecule is COc1ccc(C)cc1NC(=O)c1cc(C)ccc1N. The Balaban J connectivity index is 2.32. The predicted molar refractivity (Wildman–Crippen MR) is 81.3 cm³/mol. The number of carbonyl (C=O) groups excluding carboxylic acids is 1. The Bertz CT molecular complexity index is 651. The molecule has 0 spiro atoms. The molecular weight excluding hydrogens is 252 g/mol. The fraction of sp³-hybridized carbons (Fsp3) is 0.188. The molecule has 0 aliphatic carbocycles. The zero-order valence-electron chi connectivity index (χ0n) is 11.9. The normalized spacial score (nSPS) is 10.2. The van der Waals surface area contributed by atoms with E-state index in [1.807, 2.05) is 38.1 Å². The molecule has 2 aromatic rings. The van der Waals surface area contributed by atoms with Gasteiger partial charge >= 0.3 is 0 Å². The van der Waals surface area contributed by atoms with E-state index in [-0.39, 0.29) is 5.91 Å². The minimum atomic E-state index is -0.241. The third kappa shape index (κ3) is 2.91. The number of anilines is 2. The van der Waals surface area contributed by atoms with Crippen molar-refractivity contribution >= 4 is 17.3 Å². The van der Waals surface area contributed by atoms with Crippen LogP contribution in [0.5, 0.6) is 5.75 Å². The summed E-state index contributed by atoms with van der Waals surface area (Å²) in [4.78, 5) is 12.3. The van der Waals surface area contributed by atoms with Crippen LogP contribution < -0.4 is 15.8 Å². The van der Waals surface area contributed by atoms with Gasteiger partial charge in [0.25, 0.3) is 5.91 Å². The summed E-state index contributed by atoms with van der Waals surface area (Å²) in [5, 5.41) is 2.84. The predicted octanol–water partition coefficient (Wildman–Crippen LogP) is 3.15. The van der Waals surface area contributed by atoms with Crippen LogP contribution in [0.2, 0.25) is 0 Å². The molecule has 104 valence electrons. The number of nitrogen functional groups attached to an aromatic ring is 1. The first-order valence-electron chi connectivity index (χ1n) is 6.33. The van der Waals surface area contributed by atoms with Crippen molar-refractivity contribution in [2.45, 2.75) is 13.8 Å². The maximum absolute atomic E-state index is 12.3. The van der Waals surface area contributed by atoms with Gasteiger partial charge in [-0.3, -0.25) is 4.79 Å². The van der Waals surface area contributed by atoms with Gasteiger partial charge in [0.15, 0.2) is 0 Å². The molecule has 0 aliphatic heterocycles. The third-order valence-electron chi connectivity index (χ3n) is 3.06. The first-order valence-corrected chi connectivity index (χ1v) is 6.33. The van der Waals surface area contributed by atoms with E-state index >= 15 is 0 Å². The highest BCUT2D eigenvalue weighted by Crippen LogP contribution is 2.26. The van der Waals surface area contributed by atoms with Crippen LogP contribution in [0.25, 0.3) is 0 Å². The van der Waals surface area contributed by atoms with Crippen LogP contribution in [0.4, 0.5) is 11.4 Å². The molecule has 3 N–H and O–H groups in total. The highest BCUT2D eigenvalue weighted by molar-refractivity contribution is 6.08. The van der Waals surface area contributed by atoms with Crippen molar-refractivity contribution in [2.24, 2.45) is 0 Å². The van der Waals surface area contributed by atoms with Gasteiger partial charge in [0.05, 0.1) is 18.4 Å². The van der Waals surface area contributed by atoms with Crippen LogP contribution in [0, 0.1) is 13.8 Å². The minimum absolute atomic E-state index is 0.241. The topological polar surface area (TPSA) is 64.3 Å². The average Bonchev–Trinajstić information content (AvgIpc) is 2.41. The summed E-state index contributed by atoms with van der Waals surface area (Å²) in [6.07, 6.45) is 0. The number of amides is 1. The molecule has 4 nitrogen and oxygen atoms in total. The monoisotopic (exact) mass is 270 g/mol. The summed E-state index contributed by atoms with van der Waals surface area (Å²) in [5.74, 6) is 0.380. The number of methoxy groups -OCH3 is 1. The second kappa shape index (κ2) is 5.65. The molecule has 0 fully saturated rings. The van der Waals surface area contributed by atoms with E-state index in [9.17, 15) is 4.79 Å². The summed E-state index contributed by atoms with van der Waals surface area (Å²) in [7, 11) is 1.57. The van der Waals surface area contributed by atoms with Gasteiger partial charge in [-0.1, -0.05) is 17.7 Å². The second-order valence-corrected chi connectivity index (χ2v) is 4.75. The molecule has 2 aromatic carbocycles. The molecule has 0 saturated heterocycles. The summed E-state index contributed by atoms with van der Waals surface area (Å²) in [5.41, 5.74) is 9.44. The number of nitrogens with two attached hydrogens (primary N) is 1. The Morgan fingerprint density at radius 2 is 1.75 bits per heavy atom. The average molecular weight is 270 g/mol. The second-order valence-electron chi connectivity index (χ2n) is 4.75. The number of nitrogens with one attached hydrogen (secondary N) is 1. The Labute approximate surface area is 118 Å². The lowest BCUT2D eigenvalue weighted by atomic mass is 10.1. The number of benzene rings is 2. The van der Waals surface area contributed by atoms with Crippen molar-refractivity contribution < 1.29 is 9.53 Å². The molecule has 2 rings (SSSR count). The van der Waals surface area contributed by atoms with E-state index in [1.165, 1.54) is 0 Å². The van der Waals surface area contributed by atoms with Crippen LogP contribution in [0.1, 0.15) is 21.5 Å². The molecule has 1 amide bonds. The third-order valence-corrected chi connectivity index (χ3v) is 3.06. The molecular formula is C16H18N2O2. The number of carbonyl (C=O) groups is 1. The molecule has 0 saturated carbocycles. The van der Waals surface area contributed by atoms with Crippen molar-refractivity contribution in [3.05, 3.63) is 53.1 Å². The number of hydrogen-bond donors (Lipinski definition) is 2. The molecule has 0 unspecified atom stereocenters. The Morgan fingerprint density at radius 3 is 2.45 bits per heavy atom. The van der Waals surface area contributed by atoms with Gasteiger partial charge in [-0.15, -0.1) is 0 Å². The smallest absolute Gasteiger partial charge is 0.257 e. The molecule has 4 heteroatoms. The van der Waals surface area contributed by atoms with Crippen LogP contribution in [-0.2, 0) is 0 Å². The summed E-state index contributed by atoms with van der Waals surface area (Å²) >= 11 is 0. The van der Waals surface area contributed by atoms with Crippen LogP contribution in [0.3, 0.4) is 0 Å². The maximum atomic E-state index is 12.3. The van der Waals surface area contributed by atoms with E-state index in [2.05, 4.69) is 5.32 Å². The summed E-state index contributed by atoms with van der Waals surface area (Å²) in [6.45, 7) is 3.87. The lowest BCUT2D eigenvalue weighted by Crippen LogP contribution is -2.15. The van der Waals surface area contributed by atoms with Gasteiger partial charge in [-0.25, -0.2) is 0 Å². The van der Waals surface area contributed by atoms with Crippen molar-refractivity contribution in [1.29, 1.82) is 0 Å². The first kappa shape index (κ1) is 13.9.